The van der Waals surface area contributed by atoms with Crippen LogP contribution >= 0.6 is 0 Å². The molecule has 0 bridgehead atoms. The summed E-state index contributed by atoms with van der Waals surface area (Å²) in [6.07, 6.45) is 8.45. The summed E-state index contributed by atoms with van der Waals surface area (Å²) in [4.78, 5) is 11.2. The lowest BCUT2D eigenvalue weighted by Gasteiger charge is -2.28. The van der Waals surface area contributed by atoms with E-state index in [0.29, 0.717) is 5.92 Å². The van der Waals surface area contributed by atoms with Crippen LogP contribution in [-0.4, -0.2) is 36.1 Å². The Balaban J connectivity index is 1.78. The number of rotatable bonds is 2. The molecule has 1 saturated heterocycles. The second kappa shape index (κ2) is 4.84. The maximum absolute atomic E-state index is 4.42. The molecule has 4 nitrogen and oxygen atoms in total. The van der Waals surface area contributed by atoms with E-state index in [1.54, 1.807) is 6.33 Å². The molecule has 2 aliphatic rings. The molecule has 0 aromatic carbocycles. The minimum Gasteiger partial charge on any atom is -0.354 e. The van der Waals surface area contributed by atoms with Gasteiger partial charge in [-0.1, -0.05) is 12.2 Å². The normalized spacial score (nSPS) is 21.1. The van der Waals surface area contributed by atoms with E-state index in [0.717, 1.165) is 44.8 Å². The van der Waals surface area contributed by atoms with E-state index in [4.69, 9.17) is 0 Å². The first-order valence-corrected chi connectivity index (χ1v) is 6.36. The lowest BCUT2D eigenvalue weighted by molar-refractivity contribution is 0.583. The predicted octanol–water partition coefficient (Wildman–Crippen LogP) is 1.32. The highest BCUT2D eigenvalue weighted by Gasteiger charge is 2.17. The largest absolute Gasteiger partial charge is 0.354 e. The Morgan fingerprint density at radius 2 is 1.88 bits per heavy atom. The van der Waals surface area contributed by atoms with Gasteiger partial charge in [-0.05, 0) is 12.8 Å². The van der Waals surface area contributed by atoms with E-state index in [9.17, 15) is 0 Å². The summed E-state index contributed by atoms with van der Waals surface area (Å²) in [6.45, 7) is 4.17. The number of piperazine rings is 1. The maximum atomic E-state index is 4.42. The van der Waals surface area contributed by atoms with Crippen molar-refractivity contribution in [1.29, 1.82) is 0 Å². The van der Waals surface area contributed by atoms with Crippen molar-refractivity contribution in [2.24, 2.45) is 0 Å². The minimum atomic E-state index is 0.569. The van der Waals surface area contributed by atoms with Crippen LogP contribution in [0, 0.1) is 0 Å². The average molecular weight is 230 g/mol. The Labute approximate surface area is 102 Å². The quantitative estimate of drug-likeness (QED) is 0.778. The van der Waals surface area contributed by atoms with Gasteiger partial charge in [0, 0.05) is 43.9 Å². The van der Waals surface area contributed by atoms with Crippen LogP contribution in [0.3, 0.4) is 0 Å². The summed E-state index contributed by atoms with van der Waals surface area (Å²) in [6, 6.07) is 2.17. The number of nitrogens with zero attached hydrogens (tertiary/aromatic N) is 3. The first kappa shape index (κ1) is 10.7. The Morgan fingerprint density at radius 1 is 1.12 bits per heavy atom. The summed E-state index contributed by atoms with van der Waals surface area (Å²) in [5, 5.41) is 3.36. The average Bonchev–Trinajstić information content (AvgIpc) is 2.94. The molecule has 90 valence electrons. The van der Waals surface area contributed by atoms with Gasteiger partial charge in [-0.2, -0.15) is 0 Å². The molecular formula is C13H18N4. The maximum Gasteiger partial charge on any atom is 0.132 e. The van der Waals surface area contributed by atoms with Crippen LogP contribution in [0.2, 0.25) is 0 Å². The molecule has 1 N–H and O–H groups in total. The number of hydrogen-bond acceptors (Lipinski definition) is 4. The van der Waals surface area contributed by atoms with Gasteiger partial charge in [0.25, 0.3) is 0 Å². The Bertz CT molecular complexity index is 402. The van der Waals surface area contributed by atoms with Crippen molar-refractivity contribution in [3.05, 3.63) is 30.2 Å². The summed E-state index contributed by atoms with van der Waals surface area (Å²) < 4.78 is 0. The summed E-state index contributed by atoms with van der Waals surface area (Å²) in [7, 11) is 0. The highest BCUT2D eigenvalue weighted by Crippen LogP contribution is 2.29. The minimum absolute atomic E-state index is 0.569. The Hall–Kier alpha value is -1.42. The van der Waals surface area contributed by atoms with Crippen LogP contribution in [0.15, 0.2) is 24.5 Å². The zero-order valence-corrected chi connectivity index (χ0v) is 9.97. The van der Waals surface area contributed by atoms with E-state index >= 15 is 0 Å². The molecule has 4 heteroatoms. The van der Waals surface area contributed by atoms with Gasteiger partial charge in [0.15, 0.2) is 0 Å². The third-order valence-corrected chi connectivity index (χ3v) is 3.54. The molecule has 0 radical (unpaired) electrons. The first-order chi connectivity index (χ1) is 8.43. The number of hydrogen-bond donors (Lipinski definition) is 1. The SMILES string of the molecule is C1=CCC(c2cc(N3CCNCC3)ncn2)C1. The highest BCUT2D eigenvalue weighted by molar-refractivity contribution is 5.40. The molecule has 2 heterocycles. The van der Waals surface area contributed by atoms with Crippen LogP contribution in [0.4, 0.5) is 5.82 Å². The lowest BCUT2D eigenvalue weighted by atomic mass is 10.0. The van der Waals surface area contributed by atoms with Crippen LogP contribution in [-0.2, 0) is 0 Å². The molecule has 0 spiro atoms. The lowest BCUT2D eigenvalue weighted by Crippen LogP contribution is -2.43. The molecule has 1 fully saturated rings. The second-order valence-corrected chi connectivity index (χ2v) is 4.68. The smallest absolute Gasteiger partial charge is 0.132 e. The molecule has 0 unspecified atom stereocenters. The molecule has 1 aliphatic carbocycles. The Kier molecular flexibility index (Phi) is 3.05. The Morgan fingerprint density at radius 3 is 2.65 bits per heavy atom. The van der Waals surface area contributed by atoms with Gasteiger partial charge < -0.3 is 10.2 Å². The third-order valence-electron chi connectivity index (χ3n) is 3.54. The van der Waals surface area contributed by atoms with Crippen molar-refractivity contribution in [1.82, 2.24) is 15.3 Å². The summed E-state index contributed by atoms with van der Waals surface area (Å²) in [5.41, 5.74) is 1.19. The number of aromatic nitrogens is 2. The van der Waals surface area contributed by atoms with Gasteiger partial charge in [-0.25, -0.2) is 9.97 Å². The van der Waals surface area contributed by atoms with Gasteiger partial charge in [0.05, 0.1) is 0 Å². The molecule has 1 aromatic rings. The van der Waals surface area contributed by atoms with Crippen LogP contribution in [0.25, 0.3) is 0 Å². The van der Waals surface area contributed by atoms with Gasteiger partial charge in [0.1, 0.15) is 12.1 Å². The first-order valence-electron chi connectivity index (χ1n) is 6.36. The molecule has 0 atom stereocenters. The van der Waals surface area contributed by atoms with Crippen LogP contribution in [0.1, 0.15) is 24.5 Å². The standard InChI is InChI=1S/C13H18N4/c1-2-4-11(3-1)12-9-13(16-10-15-12)17-7-5-14-6-8-17/h1-2,9-11,14H,3-8H2. The zero-order valence-electron chi connectivity index (χ0n) is 9.97. The molecule has 0 amide bonds. The fourth-order valence-corrected chi connectivity index (χ4v) is 2.51. The van der Waals surface area contributed by atoms with Gasteiger partial charge in [-0.3, -0.25) is 0 Å². The van der Waals surface area contributed by atoms with Crippen molar-refractivity contribution in [3.8, 4) is 0 Å². The second-order valence-electron chi connectivity index (χ2n) is 4.68. The van der Waals surface area contributed by atoms with Crippen molar-refractivity contribution < 1.29 is 0 Å². The molecule has 3 rings (SSSR count). The predicted molar refractivity (Wildman–Crippen MR) is 68.2 cm³/mol. The van der Waals surface area contributed by atoms with E-state index in [2.05, 4.69) is 38.4 Å². The van der Waals surface area contributed by atoms with Crippen LogP contribution in [0.5, 0.6) is 0 Å². The van der Waals surface area contributed by atoms with Crippen molar-refractivity contribution in [2.45, 2.75) is 18.8 Å². The van der Waals surface area contributed by atoms with E-state index in [1.807, 2.05) is 0 Å². The van der Waals surface area contributed by atoms with Crippen molar-refractivity contribution in [3.63, 3.8) is 0 Å². The number of anilines is 1. The topological polar surface area (TPSA) is 41.0 Å². The monoisotopic (exact) mass is 230 g/mol. The molecule has 1 aliphatic heterocycles. The summed E-state index contributed by atoms with van der Waals surface area (Å²) >= 11 is 0. The van der Waals surface area contributed by atoms with Gasteiger partial charge in [-0.15, -0.1) is 0 Å². The zero-order chi connectivity index (χ0) is 11.5. The number of nitrogens with one attached hydrogen (secondary N) is 1. The fraction of sp³-hybridized carbons (Fsp3) is 0.538. The van der Waals surface area contributed by atoms with E-state index in [-0.39, 0.29) is 0 Å². The van der Waals surface area contributed by atoms with Crippen molar-refractivity contribution >= 4 is 5.82 Å². The van der Waals surface area contributed by atoms with E-state index in [1.165, 1.54) is 5.69 Å². The van der Waals surface area contributed by atoms with Crippen LogP contribution < -0.4 is 10.2 Å². The highest BCUT2D eigenvalue weighted by atomic mass is 15.2. The van der Waals surface area contributed by atoms with Gasteiger partial charge >= 0.3 is 0 Å². The molecule has 0 saturated carbocycles. The fourth-order valence-electron chi connectivity index (χ4n) is 2.51. The molecular weight excluding hydrogens is 212 g/mol. The number of allylic oxidation sites excluding steroid dienone is 2. The summed E-state index contributed by atoms with van der Waals surface area (Å²) in [5.74, 6) is 1.66. The van der Waals surface area contributed by atoms with Crippen molar-refractivity contribution in [2.75, 3.05) is 31.1 Å². The van der Waals surface area contributed by atoms with E-state index < -0.39 is 0 Å². The third kappa shape index (κ3) is 2.31. The van der Waals surface area contributed by atoms with Gasteiger partial charge in [0.2, 0.25) is 0 Å². The molecule has 1 aromatic heterocycles. The molecule has 17 heavy (non-hydrogen) atoms.